The molecule has 0 aliphatic rings. The van der Waals surface area contributed by atoms with Crippen molar-refractivity contribution in [3.63, 3.8) is 0 Å². The minimum absolute atomic E-state index is 0.705. The van der Waals surface area contributed by atoms with E-state index >= 15 is 0 Å². The molecule has 0 bridgehead atoms. The van der Waals surface area contributed by atoms with Gasteiger partial charge in [0.05, 0.1) is 18.7 Å². The van der Waals surface area contributed by atoms with Crippen LogP contribution in [0.1, 0.15) is 11.1 Å². The lowest BCUT2D eigenvalue weighted by atomic mass is 10.1. The Morgan fingerprint density at radius 2 is 1.81 bits per heavy atom. The molecule has 0 aliphatic heterocycles. The summed E-state index contributed by atoms with van der Waals surface area (Å²) in [5, 5.41) is 3.44. The van der Waals surface area contributed by atoms with E-state index in [0.29, 0.717) is 12.3 Å². The zero-order valence-electron chi connectivity index (χ0n) is 12.2. The third-order valence-electron chi connectivity index (χ3n) is 3.18. The largest absolute Gasteiger partial charge is 0.493 e. The van der Waals surface area contributed by atoms with Crippen LogP contribution in [0.2, 0.25) is 0 Å². The minimum Gasteiger partial charge on any atom is -0.493 e. The molecule has 0 atom stereocenters. The second-order valence-electron chi connectivity index (χ2n) is 4.63. The molecule has 0 saturated heterocycles. The zero-order valence-corrected chi connectivity index (χ0v) is 15.3. The van der Waals surface area contributed by atoms with E-state index < -0.39 is 0 Å². The van der Waals surface area contributed by atoms with Crippen LogP contribution in [-0.2, 0) is 6.54 Å². The Kier molecular flexibility index (Phi) is 5.53. The van der Waals surface area contributed by atoms with Gasteiger partial charge < -0.3 is 14.8 Å². The fourth-order valence-corrected chi connectivity index (χ4v) is 3.07. The van der Waals surface area contributed by atoms with Crippen molar-refractivity contribution in [2.24, 2.45) is 0 Å². The number of hydrogen-bond donors (Lipinski definition) is 1. The first kappa shape index (κ1) is 16.2. The van der Waals surface area contributed by atoms with Gasteiger partial charge in [-0.15, -0.1) is 0 Å². The molecule has 0 heterocycles. The van der Waals surface area contributed by atoms with Crippen LogP contribution in [0.5, 0.6) is 11.5 Å². The average Bonchev–Trinajstić information content (AvgIpc) is 2.47. The molecule has 3 nitrogen and oxygen atoms in total. The highest BCUT2D eigenvalue weighted by atomic mass is 79.9. The predicted octanol–water partition coefficient (Wildman–Crippen LogP) is 5.15. The summed E-state index contributed by atoms with van der Waals surface area (Å²) in [4.78, 5) is 0. The number of hydrogen-bond acceptors (Lipinski definition) is 3. The first-order valence-corrected chi connectivity index (χ1v) is 8.04. The fraction of sp³-hybridized carbons (Fsp3) is 0.250. The topological polar surface area (TPSA) is 30.5 Å². The van der Waals surface area contributed by atoms with Crippen molar-refractivity contribution in [3.8, 4) is 11.5 Å². The van der Waals surface area contributed by atoms with Crippen LogP contribution in [0.25, 0.3) is 0 Å². The lowest BCUT2D eigenvalue weighted by Gasteiger charge is -2.14. The average molecular weight is 415 g/mol. The number of aryl methyl sites for hydroxylation is 1. The van der Waals surface area contributed by atoms with Gasteiger partial charge in [0.2, 0.25) is 0 Å². The van der Waals surface area contributed by atoms with Gasteiger partial charge in [0.1, 0.15) is 0 Å². The second-order valence-corrected chi connectivity index (χ2v) is 6.40. The normalized spacial score (nSPS) is 10.3. The maximum absolute atomic E-state index is 5.36. The summed E-state index contributed by atoms with van der Waals surface area (Å²) in [6.45, 7) is 2.79. The second kappa shape index (κ2) is 7.18. The summed E-state index contributed by atoms with van der Waals surface area (Å²) >= 11 is 7.00. The molecular weight excluding hydrogens is 398 g/mol. The van der Waals surface area contributed by atoms with E-state index in [9.17, 15) is 0 Å². The van der Waals surface area contributed by atoms with Gasteiger partial charge in [-0.2, -0.15) is 0 Å². The van der Waals surface area contributed by atoms with Crippen LogP contribution < -0.4 is 14.8 Å². The number of nitrogens with one attached hydrogen (secondary N) is 1. The molecule has 2 aromatic carbocycles. The monoisotopic (exact) mass is 413 g/mol. The molecule has 2 aromatic rings. The van der Waals surface area contributed by atoms with Crippen molar-refractivity contribution < 1.29 is 9.47 Å². The van der Waals surface area contributed by atoms with Crippen molar-refractivity contribution in [3.05, 3.63) is 50.4 Å². The quantitative estimate of drug-likeness (QED) is 0.733. The molecule has 0 fully saturated rings. The molecule has 0 saturated carbocycles. The van der Waals surface area contributed by atoms with E-state index in [4.69, 9.17) is 9.47 Å². The van der Waals surface area contributed by atoms with Crippen molar-refractivity contribution in [2.75, 3.05) is 19.5 Å². The molecule has 0 amide bonds. The molecule has 2 rings (SSSR count). The van der Waals surface area contributed by atoms with Crippen molar-refractivity contribution in [2.45, 2.75) is 13.5 Å². The lowest BCUT2D eigenvalue weighted by molar-refractivity contribution is 0.352. The summed E-state index contributed by atoms with van der Waals surface area (Å²) < 4.78 is 12.6. The Bertz CT molecular complexity index is 644. The fourth-order valence-electron chi connectivity index (χ4n) is 2.06. The number of halogens is 2. The highest BCUT2D eigenvalue weighted by Crippen LogP contribution is 2.36. The Morgan fingerprint density at radius 1 is 1.05 bits per heavy atom. The minimum atomic E-state index is 0.705. The van der Waals surface area contributed by atoms with Crippen LogP contribution in [0.3, 0.4) is 0 Å². The summed E-state index contributed by atoms with van der Waals surface area (Å²) in [6.07, 6.45) is 0. The first-order chi connectivity index (χ1) is 10.0. The number of anilines is 1. The number of rotatable bonds is 5. The van der Waals surface area contributed by atoms with Crippen LogP contribution in [0.4, 0.5) is 5.69 Å². The van der Waals surface area contributed by atoms with Gasteiger partial charge in [0, 0.05) is 16.7 Å². The van der Waals surface area contributed by atoms with E-state index in [1.54, 1.807) is 14.2 Å². The number of ether oxygens (including phenoxy) is 2. The van der Waals surface area contributed by atoms with Crippen LogP contribution in [-0.4, -0.2) is 14.2 Å². The van der Waals surface area contributed by atoms with Gasteiger partial charge in [-0.1, -0.05) is 22.0 Å². The van der Waals surface area contributed by atoms with Gasteiger partial charge in [0.15, 0.2) is 11.5 Å². The van der Waals surface area contributed by atoms with Gasteiger partial charge in [0.25, 0.3) is 0 Å². The molecule has 0 radical (unpaired) electrons. The van der Waals surface area contributed by atoms with E-state index in [1.165, 1.54) is 5.56 Å². The predicted molar refractivity (Wildman–Crippen MR) is 93.5 cm³/mol. The maximum atomic E-state index is 5.36. The SMILES string of the molecule is COc1cc(CNc2cc(Br)ccc2C)cc(Br)c1OC. The maximum Gasteiger partial charge on any atom is 0.174 e. The molecular formula is C16H17Br2NO2. The van der Waals surface area contributed by atoms with Crippen molar-refractivity contribution in [1.82, 2.24) is 0 Å². The molecule has 5 heteroatoms. The lowest BCUT2D eigenvalue weighted by Crippen LogP contribution is -2.02. The zero-order chi connectivity index (χ0) is 15.4. The molecule has 0 aliphatic carbocycles. The van der Waals surface area contributed by atoms with Gasteiger partial charge >= 0.3 is 0 Å². The van der Waals surface area contributed by atoms with Crippen LogP contribution in [0.15, 0.2) is 39.3 Å². The highest BCUT2D eigenvalue weighted by molar-refractivity contribution is 9.10. The molecule has 0 spiro atoms. The Labute approximate surface area is 141 Å². The Hall–Kier alpha value is -1.20. The van der Waals surface area contributed by atoms with Crippen molar-refractivity contribution in [1.29, 1.82) is 0 Å². The van der Waals surface area contributed by atoms with E-state index in [2.05, 4.69) is 56.2 Å². The summed E-state index contributed by atoms with van der Waals surface area (Å²) in [5.74, 6) is 1.43. The third kappa shape index (κ3) is 3.92. The van der Waals surface area contributed by atoms with E-state index in [0.717, 1.165) is 25.9 Å². The molecule has 1 N–H and O–H groups in total. The third-order valence-corrected chi connectivity index (χ3v) is 4.26. The summed E-state index contributed by atoms with van der Waals surface area (Å²) in [7, 11) is 3.27. The van der Waals surface area contributed by atoms with Crippen LogP contribution >= 0.6 is 31.9 Å². The first-order valence-electron chi connectivity index (χ1n) is 6.45. The smallest absolute Gasteiger partial charge is 0.174 e. The van der Waals surface area contributed by atoms with E-state index in [1.807, 2.05) is 18.2 Å². The van der Waals surface area contributed by atoms with Crippen LogP contribution in [0, 0.1) is 6.92 Å². The highest BCUT2D eigenvalue weighted by Gasteiger charge is 2.10. The van der Waals surface area contributed by atoms with Crippen molar-refractivity contribution >= 4 is 37.5 Å². The Balaban J connectivity index is 2.20. The standard InChI is InChI=1S/C16H17Br2NO2/c1-10-4-5-12(17)8-14(10)19-9-11-6-13(18)16(21-3)15(7-11)20-2/h4-8,19H,9H2,1-3H3. The van der Waals surface area contributed by atoms with Gasteiger partial charge in [-0.3, -0.25) is 0 Å². The number of methoxy groups -OCH3 is 2. The van der Waals surface area contributed by atoms with Gasteiger partial charge in [-0.25, -0.2) is 0 Å². The number of benzene rings is 2. The molecule has 21 heavy (non-hydrogen) atoms. The van der Waals surface area contributed by atoms with Gasteiger partial charge in [-0.05, 0) is 58.2 Å². The summed E-state index contributed by atoms with van der Waals surface area (Å²) in [6, 6.07) is 10.2. The summed E-state index contributed by atoms with van der Waals surface area (Å²) in [5.41, 5.74) is 3.42. The molecule has 0 unspecified atom stereocenters. The van der Waals surface area contributed by atoms with E-state index in [-0.39, 0.29) is 0 Å². The molecule has 0 aromatic heterocycles. The molecule has 112 valence electrons. The Morgan fingerprint density at radius 3 is 2.48 bits per heavy atom.